The highest BCUT2D eigenvalue weighted by molar-refractivity contribution is 6.17. The molecule has 0 aliphatic heterocycles. The van der Waals surface area contributed by atoms with Gasteiger partial charge in [0.05, 0.1) is 11.0 Å². The lowest BCUT2D eigenvalue weighted by Gasteiger charge is -2.25. The number of fused-ring (bicyclic) bond motifs is 3. The number of halogens is 2. The molecule has 0 amide bonds. The predicted molar refractivity (Wildman–Crippen MR) is 78.6 cm³/mol. The third-order valence-corrected chi connectivity index (χ3v) is 5.26. The van der Waals surface area contributed by atoms with Crippen LogP contribution in [0.3, 0.4) is 0 Å². The number of hydrogen-bond donors (Lipinski definition) is 0. The fraction of sp³-hybridized carbons (Fsp3) is 0.562. The first-order chi connectivity index (χ1) is 9.76. The van der Waals surface area contributed by atoms with Gasteiger partial charge in [-0.1, -0.05) is 6.42 Å². The first-order valence-electron chi connectivity index (χ1n) is 7.48. The maximum absolute atomic E-state index is 13.6. The lowest BCUT2D eigenvalue weighted by atomic mass is 9.95. The molecule has 2 fully saturated rings. The van der Waals surface area contributed by atoms with Crippen molar-refractivity contribution in [1.29, 1.82) is 0 Å². The average Bonchev–Trinajstić information content (AvgIpc) is 3.11. The Morgan fingerprint density at radius 2 is 2.20 bits per heavy atom. The second-order valence-electron chi connectivity index (χ2n) is 6.21. The summed E-state index contributed by atoms with van der Waals surface area (Å²) in [6.45, 7) is 0. The highest BCUT2D eigenvalue weighted by Crippen LogP contribution is 2.51. The van der Waals surface area contributed by atoms with Gasteiger partial charge >= 0.3 is 0 Å². The molecule has 1 aromatic carbocycles. The van der Waals surface area contributed by atoms with Gasteiger partial charge in [-0.15, -0.1) is 11.6 Å². The minimum atomic E-state index is -0.181. The van der Waals surface area contributed by atoms with E-state index in [0.29, 0.717) is 11.9 Å². The summed E-state index contributed by atoms with van der Waals surface area (Å²) in [5.74, 6) is 3.01. The summed E-state index contributed by atoms with van der Waals surface area (Å²) >= 11 is 5.93. The summed E-state index contributed by atoms with van der Waals surface area (Å²) in [7, 11) is 0. The van der Waals surface area contributed by atoms with Crippen molar-refractivity contribution in [3.8, 4) is 0 Å². The van der Waals surface area contributed by atoms with Crippen molar-refractivity contribution in [2.45, 2.75) is 38.1 Å². The number of aryl methyl sites for hydroxylation is 1. The quantitative estimate of drug-likeness (QED) is 0.771. The monoisotopic (exact) mass is 292 g/mol. The summed E-state index contributed by atoms with van der Waals surface area (Å²) < 4.78 is 15.9. The largest absolute Gasteiger partial charge is 0.324 e. The van der Waals surface area contributed by atoms with Crippen LogP contribution in [0.15, 0.2) is 18.2 Å². The Morgan fingerprint density at radius 3 is 2.90 bits per heavy atom. The number of alkyl halides is 1. The van der Waals surface area contributed by atoms with Crippen molar-refractivity contribution in [3.05, 3.63) is 29.8 Å². The van der Waals surface area contributed by atoms with E-state index in [2.05, 4.69) is 9.55 Å². The molecule has 0 spiro atoms. The van der Waals surface area contributed by atoms with E-state index in [4.69, 9.17) is 11.6 Å². The van der Waals surface area contributed by atoms with E-state index in [-0.39, 0.29) is 5.82 Å². The molecule has 2 aliphatic carbocycles. The van der Waals surface area contributed by atoms with Gasteiger partial charge in [-0.3, -0.25) is 0 Å². The predicted octanol–water partition coefficient (Wildman–Crippen LogP) is 4.32. The molecule has 1 aromatic heterocycles. The van der Waals surface area contributed by atoms with Crippen LogP contribution in [0.4, 0.5) is 4.39 Å². The first kappa shape index (κ1) is 12.6. The summed E-state index contributed by atoms with van der Waals surface area (Å²) in [6.07, 6.45) is 5.99. The first-order valence-corrected chi connectivity index (χ1v) is 8.02. The Morgan fingerprint density at radius 1 is 1.30 bits per heavy atom. The third kappa shape index (κ3) is 1.86. The lowest BCUT2D eigenvalue weighted by Crippen LogP contribution is -2.18. The SMILES string of the molecule is Fc1ccc2nc(CCCl)n(C3CC4CCC3C4)c2c1. The molecule has 3 atom stereocenters. The van der Waals surface area contributed by atoms with E-state index in [1.165, 1.54) is 31.7 Å². The number of rotatable bonds is 3. The molecule has 4 heteroatoms. The molecule has 3 unspecified atom stereocenters. The van der Waals surface area contributed by atoms with Gasteiger partial charge < -0.3 is 4.57 Å². The van der Waals surface area contributed by atoms with Gasteiger partial charge in [0.25, 0.3) is 0 Å². The Labute approximate surface area is 122 Å². The lowest BCUT2D eigenvalue weighted by molar-refractivity contribution is 0.329. The Kier molecular flexibility index (Phi) is 2.99. The molecule has 2 nitrogen and oxygen atoms in total. The van der Waals surface area contributed by atoms with Gasteiger partial charge in [-0.25, -0.2) is 9.37 Å². The normalized spacial score (nSPS) is 28.6. The molecular weight excluding hydrogens is 275 g/mol. The molecule has 0 N–H and O–H groups in total. The van der Waals surface area contributed by atoms with E-state index in [1.807, 2.05) is 0 Å². The summed E-state index contributed by atoms with van der Waals surface area (Å²) in [4.78, 5) is 4.68. The molecule has 2 saturated carbocycles. The van der Waals surface area contributed by atoms with Crippen molar-refractivity contribution in [2.24, 2.45) is 11.8 Å². The smallest absolute Gasteiger partial charge is 0.125 e. The summed E-state index contributed by atoms with van der Waals surface area (Å²) in [5.41, 5.74) is 1.84. The molecular formula is C16H18ClFN2. The Hall–Kier alpha value is -1.09. The maximum atomic E-state index is 13.6. The van der Waals surface area contributed by atoms with Crippen molar-refractivity contribution in [1.82, 2.24) is 9.55 Å². The molecule has 2 aromatic rings. The van der Waals surface area contributed by atoms with Crippen LogP contribution in [0.2, 0.25) is 0 Å². The Bertz CT molecular complexity index is 651. The molecule has 20 heavy (non-hydrogen) atoms. The van der Waals surface area contributed by atoms with Crippen molar-refractivity contribution < 1.29 is 4.39 Å². The van der Waals surface area contributed by atoms with Crippen LogP contribution in [0.25, 0.3) is 11.0 Å². The van der Waals surface area contributed by atoms with Gasteiger partial charge in [-0.05, 0) is 49.3 Å². The number of aromatic nitrogens is 2. The molecule has 2 bridgehead atoms. The van der Waals surface area contributed by atoms with Gasteiger partial charge in [0.1, 0.15) is 11.6 Å². The zero-order chi connectivity index (χ0) is 13.7. The van der Waals surface area contributed by atoms with Crippen molar-refractivity contribution >= 4 is 22.6 Å². The Balaban J connectivity index is 1.86. The second-order valence-corrected chi connectivity index (χ2v) is 6.59. The van der Waals surface area contributed by atoms with E-state index in [1.54, 1.807) is 12.1 Å². The fourth-order valence-corrected chi connectivity index (χ4v) is 4.44. The van der Waals surface area contributed by atoms with Crippen LogP contribution >= 0.6 is 11.6 Å². The highest BCUT2D eigenvalue weighted by Gasteiger charge is 2.41. The van der Waals surface area contributed by atoms with Crippen molar-refractivity contribution in [2.75, 3.05) is 5.88 Å². The molecule has 106 valence electrons. The molecule has 1 heterocycles. The zero-order valence-corrected chi connectivity index (χ0v) is 12.1. The topological polar surface area (TPSA) is 17.8 Å². The average molecular weight is 293 g/mol. The van der Waals surface area contributed by atoms with Crippen LogP contribution in [-0.4, -0.2) is 15.4 Å². The minimum absolute atomic E-state index is 0.181. The summed E-state index contributed by atoms with van der Waals surface area (Å²) in [5, 5.41) is 0. The van der Waals surface area contributed by atoms with E-state index in [9.17, 15) is 4.39 Å². The number of benzene rings is 1. The number of hydrogen-bond acceptors (Lipinski definition) is 1. The van der Waals surface area contributed by atoms with Crippen LogP contribution < -0.4 is 0 Å². The van der Waals surface area contributed by atoms with E-state index in [0.717, 1.165) is 35.1 Å². The van der Waals surface area contributed by atoms with Gasteiger partial charge in [-0.2, -0.15) is 0 Å². The zero-order valence-electron chi connectivity index (χ0n) is 11.4. The molecule has 4 rings (SSSR count). The van der Waals surface area contributed by atoms with Crippen LogP contribution in [0.1, 0.15) is 37.5 Å². The second kappa shape index (κ2) is 4.73. The van der Waals surface area contributed by atoms with Gasteiger partial charge in [0.2, 0.25) is 0 Å². The van der Waals surface area contributed by atoms with Crippen LogP contribution in [-0.2, 0) is 6.42 Å². The van der Waals surface area contributed by atoms with Crippen LogP contribution in [0.5, 0.6) is 0 Å². The molecule has 0 saturated heterocycles. The number of nitrogens with zero attached hydrogens (tertiary/aromatic N) is 2. The summed E-state index contributed by atoms with van der Waals surface area (Å²) in [6, 6.07) is 5.40. The minimum Gasteiger partial charge on any atom is -0.324 e. The van der Waals surface area contributed by atoms with Crippen LogP contribution in [0, 0.1) is 17.7 Å². The molecule has 2 aliphatic rings. The van der Waals surface area contributed by atoms with Crippen molar-refractivity contribution in [3.63, 3.8) is 0 Å². The fourth-order valence-electron chi connectivity index (χ4n) is 4.27. The van der Waals surface area contributed by atoms with Gasteiger partial charge in [0.15, 0.2) is 0 Å². The van der Waals surface area contributed by atoms with Gasteiger partial charge in [0, 0.05) is 18.3 Å². The third-order valence-electron chi connectivity index (χ3n) is 5.08. The maximum Gasteiger partial charge on any atom is 0.125 e. The highest BCUT2D eigenvalue weighted by atomic mass is 35.5. The molecule has 0 radical (unpaired) electrons. The standard InChI is InChI=1S/C16H18ClFN2/c17-6-5-16-19-13-4-3-12(18)9-15(13)20(16)14-8-10-1-2-11(14)7-10/h3-4,9-11,14H,1-2,5-8H2. The van der Waals surface area contributed by atoms with E-state index >= 15 is 0 Å². The van der Waals surface area contributed by atoms with E-state index < -0.39 is 0 Å². The number of imidazole rings is 1.